The lowest BCUT2D eigenvalue weighted by Crippen LogP contribution is -2.28. The summed E-state index contributed by atoms with van der Waals surface area (Å²) in [4.78, 5) is 0. The summed E-state index contributed by atoms with van der Waals surface area (Å²) in [6.45, 7) is 2.17. The second-order valence-electron chi connectivity index (χ2n) is 4.83. The van der Waals surface area contributed by atoms with E-state index in [0.717, 1.165) is 24.2 Å². The van der Waals surface area contributed by atoms with E-state index in [2.05, 4.69) is 16.7 Å². The number of fused-ring (bicyclic) bond motifs is 1. The smallest absolute Gasteiger partial charge is 0.0426 e. The van der Waals surface area contributed by atoms with Gasteiger partial charge in [0, 0.05) is 35.8 Å². The minimum atomic E-state index is 0.647. The first-order chi connectivity index (χ1) is 7.83. The van der Waals surface area contributed by atoms with Crippen molar-refractivity contribution in [3.63, 3.8) is 0 Å². The summed E-state index contributed by atoms with van der Waals surface area (Å²) in [5, 5.41) is 7.87. The van der Waals surface area contributed by atoms with Crippen molar-refractivity contribution in [3.8, 4) is 0 Å². The second kappa shape index (κ2) is 4.27. The van der Waals surface area contributed by atoms with Crippen LogP contribution in [0.15, 0.2) is 18.2 Å². The van der Waals surface area contributed by atoms with E-state index in [1.165, 1.54) is 30.5 Å². The molecule has 1 aromatic rings. The molecule has 1 heterocycles. The molecule has 86 valence electrons. The maximum atomic E-state index is 6.01. The summed E-state index contributed by atoms with van der Waals surface area (Å²) in [7, 11) is 0. The van der Waals surface area contributed by atoms with Crippen molar-refractivity contribution in [2.75, 3.05) is 18.4 Å². The van der Waals surface area contributed by atoms with Crippen molar-refractivity contribution in [2.24, 2.45) is 0 Å². The number of rotatable bonds is 3. The Bertz CT molecular complexity index is 388. The van der Waals surface area contributed by atoms with Crippen molar-refractivity contribution < 1.29 is 0 Å². The SMILES string of the molecule is Clc1ccc2c(c1)NCCC2CNC1CC1. The van der Waals surface area contributed by atoms with E-state index in [9.17, 15) is 0 Å². The molecule has 3 rings (SSSR count). The van der Waals surface area contributed by atoms with Crippen LogP contribution in [0.1, 0.15) is 30.7 Å². The third-order valence-electron chi connectivity index (χ3n) is 3.49. The highest BCUT2D eigenvalue weighted by Crippen LogP contribution is 2.33. The number of hydrogen-bond donors (Lipinski definition) is 2. The van der Waals surface area contributed by atoms with Gasteiger partial charge in [0.1, 0.15) is 0 Å². The van der Waals surface area contributed by atoms with E-state index in [1.807, 2.05) is 12.1 Å². The van der Waals surface area contributed by atoms with Gasteiger partial charge in [-0.05, 0) is 37.0 Å². The fourth-order valence-electron chi connectivity index (χ4n) is 2.38. The van der Waals surface area contributed by atoms with Crippen molar-refractivity contribution in [1.82, 2.24) is 5.32 Å². The molecule has 1 unspecified atom stereocenters. The highest BCUT2D eigenvalue weighted by molar-refractivity contribution is 6.30. The van der Waals surface area contributed by atoms with Gasteiger partial charge in [-0.3, -0.25) is 0 Å². The first-order valence-corrected chi connectivity index (χ1v) is 6.47. The molecule has 1 saturated carbocycles. The molecule has 3 heteroatoms. The van der Waals surface area contributed by atoms with Crippen molar-refractivity contribution >= 4 is 17.3 Å². The van der Waals surface area contributed by atoms with Crippen LogP contribution >= 0.6 is 11.6 Å². The molecule has 2 N–H and O–H groups in total. The predicted molar refractivity (Wildman–Crippen MR) is 68.3 cm³/mol. The average molecular weight is 237 g/mol. The van der Waals surface area contributed by atoms with Crippen LogP contribution in [-0.2, 0) is 0 Å². The normalized spacial score (nSPS) is 23.7. The summed E-state index contributed by atoms with van der Waals surface area (Å²) in [6.07, 6.45) is 3.94. The fraction of sp³-hybridized carbons (Fsp3) is 0.538. The van der Waals surface area contributed by atoms with Crippen LogP contribution in [0.5, 0.6) is 0 Å². The molecule has 0 spiro atoms. The van der Waals surface area contributed by atoms with E-state index >= 15 is 0 Å². The summed E-state index contributed by atoms with van der Waals surface area (Å²) in [6, 6.07) is 7.01. The van der Waals surface area contributed by atoms with Crippen LogP contribution in [0.4, 0.5) is 5.69 Å². The van der Waals surface area contributed by atoms with Gasteiger partial charge >= 0.3 is 0 Å². The van der Waals surface area contributed by atoms with Gasteiger partial charge in [0.15, 0.2) is 0 Å². The molecule has 2 nitrogen and oxygen atoms in total. The molecule has 0 bridgehead atoms. The number of halogens is 1. The molecule has 0 amide bonds. The summed E-state index contributed by atoms with van der Waals surface area (Å²) in [5.41, 5.74) is 2.64. The molecule has 2 aliphatic rings. The topological polar surface area (TPSA) is 24.1 Å². The van der Waals surface area contributed by atoms with Gasteiger partial charge in [0.2, 0.25) is 0 Å². The molecule has 1 aliphatic heterocycles. The van der Waals surface area contributed by atoms with Gasteiger partial charge in [-0.1, -0.05) is 17.7 Å². The van der Waals surface area contributed by atoms with Crippen LogP contribution in [0.3, 0.4) is 0 Å². The lowest BCUT2D eigenvalue weighted by atomic mass is 9.91. The summed E-state index contributed by atoms with van der Waals surface area (Å²) >= 11 is 6.01. The zero-order valence-corrected chi connectivity index (χ0v) is 10.1. The molecule has 1 aliphatic carbocycles. The number of anilines is 1. The third kappa shape index (κ3) is 2.18. The molecule has 1 fully saturated rings. The molecule has 0 aromatic heterocycles. The summed E-state index contributed by atoms with van der Waals surface area (Å²) in [5.74, 6) is 0.647. The maximum Gasteiger partial charge on any atom is 0.0426 e. The summed E-state index contributed by atoms with van der Waals surface area (Å²) < 4.78 is 0. The number of benzene rings is 1. The Labute approximate surface area is 101 Å². The third-order valence-corrected chi connectivity index (χ3v) is 3.73. The van der Waals surface area contributed by atoms with Crippen LogP contribution in [0, 0.1) is 0 Å². The van der Waals surface area contributed by atoms with Crippen molar-refractivity contribution in [2.45, 2.75) is 31.2 Å². The van der Waals surface area contributed by atoms with Crippen LogP contribution in [-0.4, -0.2) is 19.1 Å². The lowest BCUT2D eigenvalue weighted by Gasteiger charge is -2.27. The molecular weight excluding hydrogens is 220 g/mol. The second-order valence-corrected chi connectivity index (χ2v) is 5.26. The predicted octanol–water partition coefficient (Wildman–Crippen LogP) is 2.99. The van der Waals surface area contributed by atoms with Crippen LogP contribution < -0.4 is 10.6 Å². The first kappa shape index (κ1) is 10.4. The van der Waals surface area contributed by atoms with Crippen molar-refractivity contribution in [1.29, 1.82) is 0 Å². The quantitative estimate of drug-likeness (QED) is 0.843. The lowest BCUT2D eigenvalue weighted by molar-refractivity contribution is 0.549. The fourth-order valence-corrected chi connectivity index (χ4v) is 2.55. The Morgan fingerprint density at radius 2 is 2.19 bits per heavy atom. The van der Waals surface area contributed by atoms with E-state index in [4.69, 9.17) is 11.6 Å². The van der Waals surface area contributed by atoms with E-state index in [-0.39, 0.29) is 0 Å². The number of nitrogens with one attached hydrogen (secondary N) is 2. The molecule has 1 atom stereocenters. The Balaban J connectivity index is 1.76. The molecular formula is C13H17ClN2. The zero-order chi connectivity index (χ0) is 11.0. The maximum absolute atomic E-state index is 6.01. The minimum absolute atomic E-state index is 0.647. The number of hydrogen-bond acceptors (Lipinski definition) is 2. The molecule has 0 radical (unpaired) electrons. The van der Waals surface area contributed by atoms with Crippen molar-refractivity contribution in [3.05, 3.63) is 28.8 Å². The zero-order valence-electron chi connectivity index (χ0n) is 9.30. The highest BCUT2D eigenvalue weighted by Gasteiger charge is 2.24. The highest BCUT2D eigenvalue weighted by atomic mass is 35.5. The van der Waals surface area contributed by atoms with Gasteiger partial charge in [-0.25, -0.2) is 0 Å². The minimum Gasteiger partial charge on any atom is -0.385 e. The van der Waals surface area contributed by atoms with E-state index in [1.54, 1.807) is 0 Å². The first-order valence-electron chi connectivity index (χ1n) is 6.09. The van der Waals surface area contributed by atoms with Crippen LogP contribution in [0.2, 0.25) is 5.02 Å². The molecule has 16 heavy (non-hydrogen) atoms. The van der Waals surface area contributed by atoms with Gasteiger partial charge in [0.25, 0.3) is 0 Å². The Morgan fingerprint density at radius 3 is 3.00 bits per heavy atom. The Hall–Kier alpha value is -0.730. The Morgan fingerprint density at radius 1 is 1.31 bits per heavy atom. The monoisotopic (exact) mass is 236 g/mol. The van der Waals surface area contributed by atoms with Crippen LogP contribution in [0.25, 0.3) is 0 Å². The van der Waals surface area contributed by atoms with Gasteiger partial charge in [-0.15, -0.1) is 0 Å². The molecule has 0 saturated heterocycles. The largest absolute Gasteiger partial charge is 0.385 e. The van der Waals surface area contributed by atoms with E-state index in [0.29, 0.717) is 5.92 Å². The average Bonchev–Trinajstić information content (AvgIpc) is 3.09. The van der Waals surface area contributed by atoms with E-state index < -0.39 is 0 Å². The van der Waals surface area contributed by atoms with Gasteiger partial charge < -0.3 is 10.6 Å². The van der Waals surface area contributed by atoms with Gasteiger partial charge in [0.05, 0.1) is 0 Å². The van der Waals surface area contributed by atoms with Gasteiger partial charge in [-0.2, -0.15) is 0 Å². The standard InChI is InChI=1S/C13H17ClN2/c14-10-1-4-12-9(8-16-11-2-3-11)5-6-15-13(12)7-10/h1,4,7,9,11,15-16H,2-3,5-6,8H2. The molecule has 1 aromatic carbocycles. The Kier molecular flexibility index (Phi) is 2.78.